The number of hydrogen-bond acceptors (Lipinski definition) is 5. The predicted molar refractivity (Wildman–Crippen MR) is 79.0 cm³/mol. The molecule has 0 amide bonds. The van der Waals surface area contributed by atoms with Gasteiger partial charge in [0.15, 0.2) is 0 Å². The van der Waals surface area contributed by atoms with Crippen molar-refractivity contribution in [2.24, 2.45) is 5.16 Å². The Bertz CT molecular complexity index is 842. The Kier molecular flexibility index (Phi) is 3.68. The molecule has 0 aliphatic carbocycles. The van der Waals surface area contributed by atoms with E-state index in [0.29, 0.717) is 12.3 Å². The van der Waals surface area contributed by atoms with Crippen molar-refractivity contribution in [2.75, 3.05) is 0 Å². The Labute approximate surface area is 120 Å². The number of aromatic nitrogens is 3. The predicted octanol–water partition coefficient (Wildman–Crippen LogP) is 1.87. The molecule has 2 heterocycles. The van der Waals surface area contributed by atoms with Gasteiger partial charge in [-0.1, -0.05) is 23.4 Å². The van der Waals surface area contributed by atoms with Crippen LogP contribution in [0.15, 0.2) is 58.7 Å². The quantitative estimate of drug-likeness (QED) is 0.584. The Balaban J connectivity index is 1.65. The molecule has 3 aromatic rings. The summed E-state index contributed by atoms with van der Waals surface area (Å²) in [5, 5.41) is 4.86. The Morgan fingerprint density at radius 2 is 2.14 bits per heavy atom. The van der Waals surface area contributed by atoms with E-state index in [2.05, 4.69) is 20.1 Å². The zero-order valence-electron chi connectivity index (χ0n) is 11.1. The van der Waals surface area contributed by atoms with Crippen LogP contribution >= 0.6 is 0 Å². The van der Waals surface area contributed by atoms with Crippen LogP contribution in [0.5, 0.6) is 0 Å². The second-order valence-electron chi connectivity index (χ2n) is 4.37. The lowest BCUT2D eigenvalue weighted by Gasteiger charge is -2.01. The molecule has 0 fully saturated rings. The number of benzene rings is 1. The van der Waals surface area contributed by atoms with E-state index < -0.39 is 5.69 Å². The van der Waals surface area contributed by atoms with E-state index in [1.54, 1.807) is 12.3 Å². The third-order valence-electron chi connectivity index (χ3n) is 2.84. The van der Waals surface area contributed by atoms with Crippen LogP contribution in [0.4, 0.5) is 0 Å². The first-order valence-corrected chi connectivity index (χ1v) is 6.35. The van der Waals surface area contributed by atoms with E-state index in [1.165, 1.54) is 12.4 Å². The minimum atomic E-state index is -0.419. The number of aromatic amines is 1. The Hall–Kier alpha value is -3.02. The lowest BCUT2D eigenvalue weighted by atomic mass is 10.2. The summed E-state index contributed by atoms with van der Waals surface area (Å²) in [6.07, 6.45) is 4.59. The maximum absolute atomic E-state index is 11.0. The summed E-state index contributed by atoms with van der Waals surface area (Å²) in [5.41, 5.74) is 1.98. The summed E-state index contributed by atoms with van der Waals surface area (Å²) in [6.45, 7) is 0.309. The summed E-state index contributed by atoms with van der Waals surface area (Å²) in [5.74, 6) is 0. The molecule has 0 saturated carbocycles. The van der Waals surface area contributed by atoms with Crippen LogP contribution < -0.4 is 5.69 Å². The molecular formula is C15H12N4O2. The molecule has 2 aromatic heterocycles. The van der Waals surface area contributed by atoms with E-state index >= 15 is 0 Å². The normalized spacial score (nSPS) is 11.0. The molecule has 0 saturated heterocycles. The fraction of sp³-hybridized carbons (Fsp3) is 0.0667. The van der Waals surface area contributed by atoms with Gasteiger partial charge in [-0.05, 0) is 18.2 Å². The monoisotopic (exact) mass is 280 g/mol. The molecule has 0 aliphatic heterocycles. The zero-order chi connectivity index (χ0) is 14.5. The number of nitrogens with one attached hydrogen (secondary N) is 1. The van der Waals surface area contributed by atoms with Crippen LogP contribution in [0.1, 0.15) is 11.3 Å². The van der Waals surface area contributed by atoms with Crippen LogP contribution in [-0.2, 0) is 11.4 Å². The number of hydrogen-bond donors (Lipinski definition) is 1. The van der Waals surface area contributed by atoms with Crippen molar-refractivity contribution in [1.29, 1.82) is 0 Å². The maximum atomic E-state index is 11.0. The Morgan fingerprint density at radius 3 is 3.05 bits per heavy atom. The molecule has 0 spiro atoms. The molecule has 1 N–H and O–H groups in total. The van der Waals surface area contributed by atoms with Crippen LogP contribution in [0.2, 0.25) is 0 Å². The zero-order valence-corrected chi connectivity index (χ0v) is 11.1. The van der Waals surface area contributed by atoms with Gasteiger partial charge in [0, 0.05) is 23.3 Å². The van der Waals surface area contributed by atoms with Gasteiger partial charge in [0.05, 0.1) is 17.4 Å². The topological polar surface area (TPSA) is 80.2 Å². The summed E-state index contributed by atoms with van der Waals surface area (Å²) in [6, 6.07) is 11.5. The first-order valence-electron chi connectivity index (χ1n) is 6.35. The molecule has 0 radical (unpaired) electrons. The third-order valence-corrected chi connectivity index (χ3v) is 2.84. The highest BCUT2D eigenvalue weighted by Crippen LogP contribution is 2.13. The van der Waals surface area contributed by atoms with Crippen LogP contribution in [0, 0.1) is 0 Å². The van der Waals surface area contributed by atoms with Gasteiger partial charge in [0.25, 0.3) is 0 Å². The molecule has 1 aromatic carbocycles. The van der Waals surface area contributed by atoms with Gasteiger partial charge in [-0.25, -0.2) is 9.78 Å². The van der Waals surface area contributed by atoms with Gasteiger partial charge in [0.2, 0.25) is 0 Å². The second kappa shape index (κ2) is 5.96. The second-order valence-corrected chi connectivity index (χ2v) is 4.37. The van der Waals surface area contributed by atoms with Crippen LogP contribution in [-0.4, -0.2) is 21.2 Å². The molecule has 3 rings (SSSR count). The van der Waals surface area contributed by atoms with Crippen molar-refractivity contribution >= 4 is 17.1 Å². The van der Waals surface area contributed by atoms with E-state index in [1.807, 2.05) is 30.3 Å². The number of nitrogens with zero attached hydrogens (tertiary/aromatic N) is 3. The third kappa shape index (κ3) is 3.30. The van der Waals surface area contributed by atoms with Gasteiger partial charge in [0.1, 0.15) is 6.61 Å². The largest absolute Gasteiger partial charge is 0.391 e. The van der Waals surface area contributed by atoms with E-state index in [4.69, 9.17) is 4.84 Å². The number of oxime groups is 1. The van der Waals surface area contributed by atoms with Gasteiger partial charge < -0.3 is 9.82 Å². The molecular weight excluding hydrogens is 268 g/mol. The average Bonchev–Trinajstić information content (AvgIpc) is 2.51. The van der Waals surface area contributed by atoms with Gasteiger partial charge in [-0.2, -0.15) is 0 Å². The van der Waals surface area contributed by atoms with Gasteiger partial charge in [-0.15, -0.1) is 0 Å². The van der Waals surface area contributed by atoms with Crippen molar-refractivity contribution in [3.8, 4) is 0 Å². The van der Waals surface area contributed by atoms with E-state index in [0.717, 1.165) is 16.5 Å². The summed E-state index contributed by atoms with van der Waals surface area (Å²) in [7, 11) is 0. The number of rotatable bonds is 4. The minimum absolute atomic E-state index is 0.309. The lowest BCUT2D eigenvalue weighted by Crippen LogP contribution is -2.10. The number of para-hydroxylation sites is 1. The summed E-state index contributed by atoms with van der Waals surface area (Å²) < 4.78 is 0. The number of pyridine rings is 1. The van der Waals surface area contributed by atoms with Crippen molar-refractivity contribution in [2.45, 2.75) is 6.61 Å². The first kappa shape index (κ1) is 13.0. The Morgan fingerprint density at radius 1 is 1.24 bits per heavy atom. The average molecular weight is 280 g/mol. The molecule has 0 aliphatic rings. The first-order chi connectivity index (χ1) is 10.3. The van der Waals surface area contributed by atoms with Crippen molar-refractivity contribution in [1.82, 2.24) is 15.0 Å². The summed E-state index contributed by atoms with van der Waals surface area (Å²) in [4.78, 5) is 26.6. The van der Waals surface area contributed by atoms with Crippen LogP contribution in [0.25, 0.3) is 10.9 Å². The molecule has 0 bridgehead atoms. The highest BCUT2D eigenvalue weighted by atomic mass is 16.6. The molecule has 104 valence electrons. The molecule has 6 heteroatoms. The lowest BCUT2D eigenvalue weighted by molar-refractivity contribution is 0.132. The standard InChI is InChI=1S/C15H12N4O2/c20-15-16-6-5-13(19-15)9-18-21-10-11-7-12-3-1-2-4-14(12)17-8-11/h1-9H,10H2,(H,16,19,20)/b18-9+. The number of fused-ring (bicyclic) bond motifs is 1. The highest BCUT2D eigenvalue weighted by molar-refractivity contribution is 5.78. The fourth-order valence-corrected chi connectivity index (χ4v) is 1.86. The number of H-pyrrole nitrogens is 1. The van der Waals surface area contributed by atoms with Gasteiger partial charge in [-0.3, -0.25) is 4.98 Å². The fourth-order valence-electron chi connectivity index (χ4n) is 1.86. The summed E-state index contributed by atoms with van der Waals surface area (Å²) >= 11 is 0. The maximum Gasteiger partial charge on any atom is 0.345 e. The molecule has 6 nitrogen and oxygen atoms in total. The van der Waals surface area contributed by atoms with Crippen molar-refractivity contribution in [3.63, 3.8) is 0 Å². The molecule has 0 unspecified atom stereocenters. The highest BCUT2D eigenvalue weighted by Gasteiger charge is 1.97. The van der Waals surface area contributed by atoms with E-state index in [9.17, 15) is 4.79 Å². The van der Waals surface area contributed by atoms with E-state index in [-0.39, 0.29) is 0 Å². The SMILES string of the molecule is O=c1nccc(/C=N/OCc2cnc3ccccc3c2)[nH]1. The van der Waals surface area contributed by atoms with Gasteiger partial charge >= 0.3 is 5.69 Å². The smallest absolute Gasteiger partial charge is 0.345 e. The minimum Gasteiger partial charge on any atom is -0.391 e. The van der Waals surface area contributed by atoms with Crippen molar-refractivity contribution < 1.29 is 4.84 Å². The molecule has 0 atom stereocenters. The van der Waals surface area contributed by atoms with Crippen molar-refractivity contribution in [3.05, 3.63) is 70.5 Å². The van der Waals surface area contributed by atoms with Crippen LogP contribution in [0.3, 0.4) is 0 Å². The molecule has 21 heavy (non-hydrogen) atoms.